The van der Waals surface area contributed by atoms with Gasteiger partial charge in [0, 0.05) is 42.3 Å². The molecule has 4 nitrogen and oxygen atoms in total. The van der Waals surface area contributed by atoms with Gasteiger partial charge in [0.15, 0.2) is 5.16 Å². The van der Waals surface area contributed by atoms with Crippen LogP contribution in [0.2, 0.25) is 0 Å². The highest BCUT2D eigenvalue weighted by atomic mass is 32.2. The fourth-order valence-corrected chi connectivity index (χ4v) is 5.22. The predicted octanol–water partition coefficient (Wildman–Crippen LogP) is 4.30. The summed E-state index contributed by atoms with van der Waals surface area (Å²) in [6.45, 7) is 5.15. The highest BCUT2D eigenvalue weighted by Gasteiger charge is 2.48. The van der Waals surface area contributed by atoms with Gasteiger partial charge in [-0.1, -0.05) is 48.5 Å². The summed E-state index contributed by atoms with van der Waals surface area (Å²) < 4.78 is 0. The van der Waals surface area contributed by atoms with E-state index in [1.807, 2.05) is 12.4 Å². The molecule has 1 aromatic carbocycles. The van der Waals surface area contributed by atoms with Gasteiger partial charge in [-0.25, -0.2) is 9.97 Å². The second kappa shape index (κ2) is 7.90. The van der Waals surface area contributed by atoms with Crippen LogP contribution in [0, 0.1) is 6.92 Å². The van der Waals surface area contributed by atoms with Gasteiger partial charge in [0.05, 0.1) is 5.60 Å². The number of aromatic nitrogens is 2. The number of thioether (sulfide) groups is 1. The van der Waals surface area contributed by atoms with Crippen molar-refractivity contribution in [2.24, 2.45) is 0 Å². The third-order valence-electron chi connectivity index (χ3n) is 5.99. The summed E-state index contributed by atoms with van der Waals surface area (Å²) in [5, 5.41) is 12.2. The van der Waals surface area contributed by atoms with Gasteiger partial charge in [0.2, 0.25) is 0 Å². The first-order valence-electron chi connectivity index (χ1n) is 10.1. The molecule has 0 amide bonds. The molecule has 1 aromatic heterocycles. The zero-order valence-corrected chi connectivity index (χ0v) is 17.1. The third kappa shape index (κ3) is 4.05. The highest BCUT2D eigenvalue weighted by Crippen LogP contribution is 2.46. The average molecular weight is 384 g/mol. The monoisotopic (exact) mass is 383 g/mol. The molecule has 2 aliphatic heterocycles. The number of piperidine rings is 1. The van der Waals surface area contributed by atoms with Crippen molar-refractivity contribution in [1.29, 1.82) is 0 Å². The third-order valence-corrected chi connectivity index (χ3v) is 7.07. The zero-order valence-electron chi connectivity index (χ0n) is 16.3. The molecule has 1 N–H and O–H groups in total. The molecular weight excluding hydrogens is 354 g/mol. The van der Waals surface area contributed by atoms with Gasteiger partial charge in [-0.15, -0.1) is 0 Å². The summed E-state index contributed by atoms with van der Waals surface area (Å²) in [6, 6.07) is 9.29. The molecule has 4 rings (SSSR count). The molecule has 0 spiro atoms. The molecule has 2 aromatic rings. The molecule has 2 fully saturated rings. The van der Waals surface area contributed by atoms with Crippen LogP contribution in [0.3, 0.4) is 0 Å². The van der Waals surface area contributed by atoms with Crippen LogP contribution in [0.1, 0.15) is 55.7 Å². The first kappa shape index (κ1) is 18.9. The van der Waals surface area contributed by atoms with E-state index in [4.69, 9.17) is 0 Å². The van der Waals surface area contributed by atoms with E-state index in [1.165, 1.54) is 24.0 Å². The van der Waals surface area contributed by atoms with E-state index < -0.39 is 5.60 Å². The van der Waals surface area contributed by atoms with Crippen LogP contribution in [-0.4, -0.2) is 37.8 Å². The van der Waals surface area contributed by atoms with Crippen LogP contribution in [0.15, 0.2) is 41.8 Å². The molecule has 27 heavy (non-hydrogen) atoms. The quantitative estimate of drug-likeness (QED) is 0.595. The van der Waals surface area contributed by atoms with E-state index in [9.17, 15) is 5.11 Å². The number of hydrogen-bond donors (Lipinski definition) is 1. The van der Waals surface area contributed by atoms with E-state index in [0.717, 1.165) is 42.3 Å². The van der Waals surface area contributed by atoms with E-state index in [-0.39, 0.29) is 0 Å². The van der Waals surface area contributed by atoms with Crippen LogP contribution in [0.4, 0.5) is 0 Å². The van der Waals surface area contributed by atoms with Crippen molar-refractivity contribution in [2.45, 2.75) is 75.3 Å². The molecule has 0 saturated carbocycles. The summed E-state index contributed by atoms with van der Waals surface area (Å²) in [7, 11) is 0. The number of nitrogens with zero attached hydrogens (tertiary/aromatic N) is 3. The Labute approximate surface area is 166 Å². The fourth-order valence-electron chi connectivity index (χ4n) is 4.58. The summed E-state index contributed by atoms with van der Waals surface area (Å²) in [5.74, 6) is 1.06. The lowest BCUT2D eigenvalue weighted by Gasteiger charge is -2.44. The minimum atomic E-state index is -0.687. The Morgan fingerprint density at radius 3 is 2.33 bits per heavy atom. The van der Waals surface area contributed by atoms with Crippen LogP contribution in [-0.2, 0) is 12.1 Å². The average Bonchev–Trinajstić information content (AvgIpc) is 2.91. The maximum absolute atomic E-state index is 11.4. The molecule has 2 atom stereocenters. The number of hydrogen-bond acceptors (Lipinski definition) is 5. The minimum absolute atomic E-state index is 0.434. The Kier molecular flexibility index (Phi) is 5.53. The van der Waals surface area contributed by atoms with Crippen molar-refractivity contribution < 1.29 is 5.11 Å². The Hall–Kier alpha value is -1.43. The van der Waals surface area contributed by atoms with Gasteiger partial charge in [0.25, 0.3) is 0 Å². The minimum Gasteiger partial charge on any atom is -0.385 e. The normalized spacial score (nSPS) is 27.8. The van der Waals surface area contributed by atoms with Crippen LogP contribution >= 0.6 is 11.8 Å². The van der Waals surface area contributed by atoms with Gasteiger partial charge in [-0.3, -0.25) is 4.90 Å². The van der Waals surface area contributed by atoms with Crippen molar-refractivity contribution in [3.8, 4) is 0 Å². The molecule has 2 aliphatic rings. The first-order chi connectivity index (χ1) is 13.1. The molecule has 0 aliphatic carbocycles. The van der Waals surface area contributed by atoms with Crippen LogP contribution in [0.25, 0.3) is 0 Å². The van der Waals surface area contributed by atoms with Crippen molar-refractivity contribution in [3.05, 3.63) is 53.3 Å². The van der Waals surface area contributed by atoms with Gasteiger partial charge in [-0.2, -0.15) is 0 Å². The molecular formula is C22H29N3OS. The van der Waals surface area contributed by atoms with E-state index >= 15 is 0 Å². The van der Waals surface area contributed by atoms with E-state index in [1.54, 1.807) is 11.8 Å². The lowest BCUT2D eigenvalue weighted by atomic mass is 9.80. The fraction of sp³-hybridized carbons (Fsp3) is 0.545. The number of benzene rings is 1. The van der Waals surface area contributed by atoms with Crippen molar-refractivity contribution in [1.82, 2.24) is 14.9 Å². The molecule has 2 unspecified atom stereocenters. The van der Waals surface area contributed by atoms with E-state index in [2.05, 4.69) is 53.0 Å². The Morgan fingerprint density at radius 1 is 1.11 bits per heavy atom. The molecule has 2 bridgehead atoms. The second-order valence-electron chi connectivity index (χ2n) is 8.09. The highest BCUT2D eigenvalue weighted by molar-refractivity contribution is 7.99. The summed E-state index contributed by atoms with van der Waals surface area (Å²) in [6.07, 6.45) is 9.07. The summed E-state index contributed by atoms with van der Waals surface area (Å²) in [5.41, 5.74) is 2.80. The van der Waals surface area contributed by atoms with Crippen molar-refractivity contribution in [3.63, 3.8) is 0 Å². The van der Waals surface area contributed by atoms with Gasteiger partial charge in [0.1, 0.15) is 0 Å². The topological polar surface area (TPSA) is 49.2 Å². The standard InChI is InChI=1S/C22H29N3OS/c1-3-10-27-21-23-13-17(14-24-21)15-25-19-8-9-20(25)12-22(26,11-19)18-6-4-16(2)5-7-18/h4-7,13-14,19-20,26H,3,8-12,15H2,1-2H3. The SMILES string of the molecule is CCCSc1ncc(CN2C3CCC2CC(O)(c2ccc(C)cc2)C3)cn1. The molecule has 2 saturated heterocycles. The Bertz CT molecular complexity index is 748. The number of aliphatic hydroxyl groups is 1. The number of fused-ring (bicyclic) bond motifs is 2. The zero-order chi connectivity index (χ0) is 18.9. The second-order valence-corrected chi connectivity index (χ2v) is 9.15. The maximum Gasteiger partial charge on any atom is 0.187 e. The van der Waals surface area contributed by atoms with Gasteiger partial charge >= 0.3 is 0 Å². The van der Waals surface area contributed by atoms with Gasteiger partial charge < -0.3 is 5.11 Å². The summed E-state index contributed by atoms with van der Waals surface area (Å²) >= 11 is 1.72. The maximum atomic E-state index is 11.4. The number of aryl methyl sites for hydroxylation is 1. The van der Waals surface area contributed by atoms with Crippen LogP contribution < -0.4 is 0 Å². The van der Waals surface area contributed by atoms with Crippen molar-refractivity contribution >= 4 is 11.8 Å². The first-order valence-corrected chi connectivity index (χ1v) is 11.0. The Morgan fingerprint density at radius 2 is 1.74 bits per heavy atom. The van der Waals surface area contributed by atoms with Gasteiger partial charge in [-0.05, 0) is 44.6 Å². The molecule has 0 radical (unpaired) electrons. The molecule has 5 heteroatoms. The molecule has 3 heterocycles. The smallest absolute Gasteiger partial charge is 0.187 e. The predicted molar refractivity (Wildman–Crippen MR) is 110 cm³/mol. The molecule has 144 valence electrons. The lowest BCUT2D eigenvalue weighted by Crippen LogP contribution is -2.49. The largest absolute Gasteiger partial charge is 0.385 e. The summed E-state index contributed by atoms with van der Waals surface area (Å²) in [4.78, 5) is 11.6. The number of rotatable bonds is 6. The lowest BCUT2D eigenvalue weighted by molar-refractivity contribution is -0.0595. The van der Waals surface area contributed by atoms with Crippen LogP contribution in [0.5, 0.6) is 0 Å². The Balaban J connectivity index is 1.44. The van der Waals surface area contributed by atoms with Crippen molar-refractivity contribution in [2.75, 3.05) is 5.75 Å². The van der Waals surface area contributed by atoms with E-state index in [0.29, 0.717) is 12.1 Å².